The molecule has 1 N–H and O–H groups in total. The fraction of sp³-hybridized carbons (Fsp3) is 0. The lowest BCUT2D eigenvalue weighted by Crippen LogP contribution is -1.83. The molecule has 3 rings (SSSR count). The first-order valence-electron chi connectivity index (χ1n) is 5.50. The van der Waals surface area contributed by atoms with Crippen molar-refractivity contribution in [2.45, 2.75) is 0 Å². The van der Waals surface area contributed by atoms with Crippen LogP contribution < -0.4 is 0 Å². The molecule has 4 nitrogen and oxygen atoms in total. The van der Waals surface area contributed by atoms with Crippen LogP contribution in [0.5, 0.6) is 0 Å². The number of oxazole rings is 1. The van der Waals surface area contributed by atoms with Crippen molar-refractivity contribution in [3.05, 3.63) is 54.1 Å². The zero-order valence-corrected chi connectivity index (χ0v) is 9.45. The second-order valence-electron chi connectivity index (χ2n) is 3.86. The van der Waals surface area contributed by atoms with Gasteiger partial charge in [0, 0.05) is 5.56 Å². The SMILES string of the molecule is O/N=C\c1cccc(-c2nc3ccccc3o2)c1. The standard InChI is InChI=1S/C14H10N2O2/c17-15-9-10-4-3-5-11(8-10)14-16-12-6-1-2-7-13(12)18-14/h1-9,17H/b15-9-. The van der Waals surface area contributed by atoms with Crippen molar-refractivity contribution in [2.75, 3.05) is 0 Å². The summed E-state index contributed by atoms with van der Waals surface area (Å²) < 4.78 is 5.67. The van der Waals surface area contributed by atoms with Crippen LogP contribution in [0.15, 0.2) is 58.1 Å². The Labute approximate surface area is 103 Å². The van der Waals surface area contributed by atoms with E-state index in [1.807, 2.05) is 48.5 Å². The van der Waals surface area contributed by atoms with Gasteiger partial charge in [0.25, 0.3) is 0 Å². The molecule has 0 amide bonds. The second-order valence-corrected chi connectivity index (χ2v) is 3.86. The van der Waals surface area contributed by atoms with Crippen molar-refractivity contribution in [2.24, 2.45) is 5.16 Å². The molecule has 4 heteroatoms. The molecule has 0 fully saturated rings. The van der Waals surface area contributed by atoms with E-state index >= 15 is 0 Å². The highest BCUT2D eigenvalue weighted by Crippen LogP contribution is 2.24. The lowest BCUT2D eigenvalue weighted by Gasteiger charge is -1.96. The van der Waals surface area contributed by atoms with Crippen LogP contribution in [0.25, 0.3) is 22.6 Å². The Bertz CT molecular complexity index is 683. The van der Waals surface area contributed by atoms with Crippen LogP contribution in [0.4, 0.5) is 0 Å². The Morgan fingerprint density at radius 1 is 1.11 bits per heavy atom. The fourth-order valence-corrected chi connectivity index (χ4v) is 1.81. The summed E-state index contributed by atoms with van der Waals surface area (Å²) in [7, 11) is 0. The summed E-state index contributed by atoms with van der Waals surface area (Å²) in [5.41, 5.74) is 3.23. The van der Waals surface area contributed by atoms with Crippen molar-refractivity contribution in [3.63, 3.8) is 0 Å². The van der Waals surface area contributed by atoms with Gasteiger partial charge in [-0.25, -0.2) is 4.98 Å². The van der Waals surface area contributed by atoms with E-state index in [2.05, 4.69) is 10.1 Å². The number of rotatable bonds is 2. The van der Waals surface area contributed by atoms with E-state index < -0.39 is 0 Å². The zero-order chi connectivity index (χ0) is 12.4. The average molecular weight is 238 g/mol. The number of aromatic nitrogens is 1. The van der Waals surface area contributed by atoms with E-state index in [-0.39, 0.29) is 0 Å². The van der Waals surface area contributed by atoms with Crippen LogP contribution in [0, 0.1) is 0 Å². The van der Waals surface area contributed by atoms with Gasteiger partial charge in [-0.1, -0.05) is 29.4 Å². The maximum atomic E-state index is 8.53. The normalized spacial score (nSPS) is 11.3. The molecule has 2 aromatic carbocycles. The quantitative estimate of drug-likeness (QED) is 0.423. The number of hydrogen-bond acceptors (Lipinski definition) is 4. The average Bonchev–Trinajstić information content (AvgIpc) is 2.83. The molecule has 88 valence electrons. The number of oxime groups is 1. The Morgan fingerprint density at radius 3 is 2.83 bits per heavy atom. The first-order valence-corrected chi connectivity index (χ1v) is 5.50. The summed E-state index contributed by atoms with van der Waals surface area (Å²) in [4.78, 5) is 4.41. The molecule has 0 bridgehead atoms. The lowest BCUT2D eigenvalue weighted by atomic mass is 10.1. The van der Waals surface area contributed by atoms with E-state index in [4.69, 9.17) is 9.62 Å². The van der Waals surface area contributed by atoms with Crippen molar-refractivity contribution in [1.82, 2.24) is 4.98 Å². The van der Waals surface area contributed by atoms with Gasteiger partial charge < -0.3 is 9.62 Å². The molecule has 1 heterocycles. The molecule has 3 aromatic rings. The first-order chi connectivity index (χ1) is 8.86. The van der Waals surface area contributed by atoms with Gasteiger partial charge in [0.1, 0.15) is 5.52 Å². The Balaban J connectivity index is 2.10. The molecule has 0 unspecified atom stereocenters. The van der Waals surface area contributed by atoms with Gasteiger partial charge in [0.05, 0.1) is 6.21 Å². The lowest BCUT2D eigenvalue weighted by molar-refractivity contribution is 0.322. The van der Waals surface area contributed by atoms with Crippen LogP contribution in [0.3, 0.4) is 0 Å². The molecule has 0 atom stereocenters. The summed E-state index contributed by atoms with van der Waals surface area (Å²) >= 11 is 0. The fourth-order valence-electron chi connectivity index (χ4n) is 1.81. The van der Waals surface area contributed by atoms with Crippen LogP contribution in [-0.2, 0) is 0 Å². The second kappa shape index (κ2) is 4.33. The van der Waals surface area contributed by atoms with E-state index in [1.165, 1.54) is 6.21 Å². The van der Waals surface area contributed by atoms with Crippen LogP contribution in [0.2, 0.25) is 0 Å². The third kappa shape index (κ3) is 1.84. The van der Waals surface area contributed by atoms with E-state index in [1.54, 1.807) is 0 Å². The van der Waals surface area contributed by atoms with Gasteiger partial charge in [-0.15, -0.1) is 0 Å². The third-order valence-electron chi connectivity index (χ3n) is 2.63. The van der Waals surface area contributed by atoms with Gasteiger partial charge in [-0.3, -0.25) is 0 Å². The molecule has 0 radical (unpaired) electrons. The molecule has 0 saturated heterocycles. The summed E-state index contributed by atoms with van der Waals surface area (Å²) in [5.74, 6) is 0.560. The number of benzene rings is 2. The van der Waals surface area contributed by atoms with Gasteiger partial charge in [-0.05, 0) is 29.8 Å². The minimum atomic E-state index is 0.560. The van der Waals surface area contributed by atoms with Gasteiger partial charge >= 0.3 is 0 Å². The largest absolute Gasteiger partial charge is 0.436 e. The van der Waals surface area contributed by atoms with E-state index in [0.29, 0.717) is 5.89 Å². The van der Waals surface area contributed by atoms with Crippen LogP contribution in [0.1, 0.15) is 5.56 Å². The summed E-state index contributed by atoms with van der Waals surface area (Å²) in [6.45, 7) is 0. The van der Waals surface area contributed by atoms with Crippen LogP contribution in [-0.4, -0.2) is 16.4 Å². The van der Waals surface area contributed by atoms with E-state index in [9.17, 15) is 0 Å². The third-order valence-corrected chi connectivity index (χ3v) is 2.63. The maximum Gasteiger partial charge on any atom is 0.227 e. The monoisotopic (exact) mass is 238 g/mol. The zero-order valence-electron chi connectivity index (χ0n) is 9.45. The highest BCUT2D eigenvalue weighted by Gasteiger charge is 2.07. The van der Waals surface area contributed by atoms with Crippen molar-refractivity contribution in [3.8, 4) is 11.5 Å². The molecule has 0 saturated carbocycles. The van der Waals surface area contributed by atoms with Gasteiger partial charge in [-0.2, -0.15) is 0 Å². The summed E-state index contributed by atoms with van der Waals surface area (Å²) in [5, 5.41) is 11.5. The number of nitrogens with zero attached hydrogens (tertiary/aromatic N) is 2. The highest BCUT2D eigenvalue weighted by atomic mass is 16.4. The minimum absolute atomic E-state index is 0.560. The molecule has 18 heavy (non-hydrogen) atoms. The molecule has 1 aromatic heterocycles. The molecular weight excluding hydrogens is 228 g/mol. The number of hydrogen-bond donors (Lipinski definition) is 1. The summed E-state index contributed by atoms with van der Waals surface area (Å²) in [6.07, 6.45) is 1.37. The van der Waals surface area contributed by atoms with Crippen molar-refractivity contribution < 1.29 is 9.62 Å². The highest BCUT2D eigenvalue weighted by molar-refractivity contribution is 5.82. The van der Waals surface area contributed by atoms with Crippen molar-refractivity contribution in [1.29, 1.82) is 0 Å². The Morgan fingerprint density at radius 2 is 2.00 bits per heavy atom. The Kier molecular flexibility index (Phi) is 2.53. The molecular formula is C14H10N2O2. The van der Waals surface area contributed by atoms with Gasteiger partial charge in [0.15, 0.2) is 5.58 Å². The van der Waals surface area contributed by atoms with Crippen LogP contribution >= 0.6 is 0 Å². The minimum Gasteiger partial charge on any atom is -0.436 e. The van der Waals surface area contributed by atoms with E-state index in [0.717, 1.165) is 22.2 Å². The predicted octanol–water partition coefficient (Wildman–Crippen LogP) is 3.30. The van der Waals surface area contributed by atoms with Gasteiger partial charge in [0.2, 0.25) is 5.89 Å². The molecule has 0 aliphatic heterocycles. The molecule has 0 aliphatic rings. The predicted molar refractivity (Wildman–Crippen MR) is 68.8 cm³/mol. The van der Waals surface area contributed by atoms with Crippen molar-refractivity contribution >= 4 is 17.3 Å². The molecule has 0 aliphatic carbocycles. The smallest absolute Gasteiger partial charge is 0.227 e. The number of para-hydroxylation sites is 2. The Hall–Kier alpha value is -2.62. The summed E-state index contributed by atoms with van der Waals surface area (Å²) in [6, 6.07) is 15.1. The topological polar surface area (TPSA) is 58.6 Å². The maximum absolute atomic E-state index is 8.53. The first kappa shape index (κ1) is 10.5. The molecule has 0 spiro atoms. The number of fused-ring (bicyclic) bond motifs is 1.